The van der Waals surface area contributed by atoms with E-state index in [1.807, 2.05) is 11.8 Å². The van der Waals surface area contributed by atoms with Gasteiger partial charge in [-0.25, -0.2) is 0 Å². The van der Waals surface area contributed by atoms with Crippen LogP contribution in [0, 0.1) is 0 Å². The SMILES string of the molecule is C1=C(N(c2ccc3c(c2)-c2ccccc2C32c3ccccc3Sc3cc4ccccc4cc32)c2ccccc2-c2ccccc2)CCC2=C1C1(c3ccccc3Oc3ccccc31)c1ccccc12. The molecule has 0 bridgehead atoms. The molecule has 0 amide bonds. The zero-order chi connectivity index (χ0) is 45.3. The molecule has 0 N–H and O–H groups in total. The van der Waals surface area contributed by atoms with E-state index in [9.17, 15) is 0 Å². The normalized spacial score (nSPS) is 17.1. The van der Waals surface area contributed by atoms with Gasteiger partial charge < -0.3 is 9.64 Å². The Labute approximate surface area is 406 Å². The van der Waals surface area contributed by atoms with Crippen LogP contribution in [-0.4, -0.2) is 0 Å². The molecule has 15 rings (SSSR count). The van der Waals surface area contributed by atoms with Crippen molar-refractivity contribution in [3.05, 3.63) is 292 Å². The van der Waals surface area contributed by atoms with Gasteiger partial charge in [-0.05, 0) is 139 Å². The average molecular weight is 898 g/mol. The summed E-state index contributed by atoms with van der Waals surface area (Å²) in [7, 11) is 0. The van der Waals surface area contributed by atoms with Crippen molar-refractivity contribution < 1.29 is 4.74 Å². The van der Waals surface area contributed by atoms with Crippen LogP contribution in [0.5, 0.6) is 11.5 Å². The molecule has 0 saturated heterocycles. The second-order valence-electron chi connectivity index (χ2n) is 19.0. The Hall–Kier alpha value is -8.11. The highest BCUT2D eigenvalue weighted by molar-refractivity contribution is 7.99. The fourth-order valence-corrected chi connectivity index (χ4v) is 14.2. The van der Waals surface area contributed by atoms with Crippen molar-refractivity contribution in [2.45, 2.75) is 33.5 Å². The van der Waals surface area contributed by atoms with Gasteiger partial charge >= 0.3 is 0 Å². The molecular formula is C66H43NOS. The number of benzene rings is 10. The third-order valence-electron chi connectivity index (χ3n) is 15.7. The molecule has 5 aliphatic rings. The smallest absolute Gasteiger partial charge is 0.132 e. The molecule has 0 fully saturated rings. The summed E-state index contributed by atoms with van der Waals surface area (Å²) in [5.41, 5.74) is 20.6. The summed E-state index contributed by atoms with van der Waals surface area (Å²) >= 11 is 1.91. The van der Waals surface area contributed by atoms with E-state index in [1.165, 1.54) is 104 Å². The summed E-state index contributed by atoms with van der Waals surface area (Å²) in [6.07, 6.45) is 4.35. The predicted octanol–water partition coefficient (Wildman–Crippen LogP) is 17.1. The van der Waals surface area contributed by atoms with Crippen molar-refractivity contribution in [2.75, 3.05) is 4.90 Å². The minimum absolute atomic E-state index is 0.492. The van der Waals surface area contributed by atoms with Gasteiger partial charge in [0, 0.05) is 37.9 Å². The summed E-state index contributed by atoms with van der Waals surface area (Å²) < 4.78 is 6.77. The Morgan fingerprint density at radius 3 is 1.74 bits per heavy atom. The van der Waals surface area contributed by atoms with Crippen molar-refractivity contribution in [3.63, 3.8) is 0 Å². The molecule has 10 aromatic rings. The van der Waals surface area contributed by atoms with E-state index in [-0.39, 0.29) is 0 Å². The lowest BCUT2D eigenvalue weighted by Gasteiger charge is -2.41. The molecule has 324 valence electrons. The lowest BCUT2D eigenvalue weighted by molar-refractivity contribution is 0.435. The van der Waals surface area contributed by atoms with Gasteiger partial charge in [-0.2, -0.15) is 0 Å². The van der Waals surface area contributed by atoms with Crippen LogP contribution in [-0.2, 0) is 10.8 Å². The highest BCUT2D eigenvalue weighted by atomic mass is 32.2. The number of nitrogens with zero attached hydrogens (tertiary/aromatic N) is 1. The van der Waals surface area contributed by atoms with Gasteiger partial charge in [-0.1, -0.05) is 194 Å². The van der Waals surface area contributed by atoms with Crippen LogP contribution in [0.3, 0.4) is 0 Å². The first-order chi connectivity index (χ1) is 34.2. The van der Waals surface area contributed by atoms with E-state index in [0.29, 0.717) is 0 Å². The molecule has 69 heavy (non-hydrogen) atoms. The molecule has 2 heterocycles. The summed E-state index contributed by atoms with van der Waals surface area (Å²) in [4.78, 5) is 5.22. The topological polar surface area (TPSA) is 12.5 Å². The van der Waals surface area contributed by atoms with E-state index in [2.05, 4.69) is 241 Å². The van der Waals surface area contributed by atoms with Crippen LogP contribution in [0.4, 0.5) is 11.4 Å². The lowest BCUT2D eigenvalue weighted by Crippen LogP contribution is -2.33. The number of rotatable bonds is 4. The zero-order valence-corrected chi connectivity index (χ0v) is 38.5. The molecule has 1 atom stereocenters. The average Bonchev–Trinajstić information content (AvgIpc) is 3.86. The molecule has 1 unspecified atom stereocenters. The first-order valence-corrected chi connectivity index (χ1v) is 24.9. The quantitative estimate of drug-likeness (QED) is 0.175. The second-order valence-corrected chi connectivity index (χ2v) is 20.0. The van der Waals surface area contributed by atoms with Gasteiger partial charge in [0.1, 0.15) is 11.5 Å². The minimum atomic E-state index is -0.555. The third kappa shape index (κ3) is 5.28. The highest BCUT2D eigenvalue weighted by Crippen LogP contribution is 2.65. The van der Waals surface area contributed by atoms with Crippen molar-refractivity contribution in [2.24, 2.45) is 0 Å². The summed E-state index contributed by atoms with van der Waals surface area (Å²) in [6.45, 7) is 0. The molecule has 3 aliphatic carbocycles. The maximum absolute atomic E-state index is 6.77. The van der Waals surface area contributed by atoms with E-state index >= 15 is 0 Å². The fraction of sp³-hybridized carbons (Fsp3) is 0.0606. The Morgan fingerprint density at radius 1 is 0.391 bits per heavy atom. The van der Waals surface area contributed by atoms with E-state index < -0.39 is 10.8 Å². The van der Waals surface area contributed by atoms with Crippen LogP contribution in [0.2, 0.25) is 0 Å². The molecule has 0 radical (unpaired) electrons. The number of allylic oxidation sites excluding steroid dienone is 4. The summed E-state index contributed by atoms with van der Waals surface area (Å²) in [5.74, 6) is 1.82. The maximum atomic E-state index is 6.77. The maximum Gasteiger partial charge on any atom is 0.132 e. The van der Waals surface area contributed by atoms with E-state index in [1.54, 1.807) is 0 Å². The molecule has 2 spiro atoms. The number of ether oxygens (including phenoxy) is 1. The Bertz CT molecular complexity index is 3830. The van der Waals surface area contributed by atoms with Crippen LogP contribution < -0.4 is 9.64 Å². The third-order valence-corrected chi connectivity index (χ3v) is 16.8. The largest absolute Gasteiger partial charge is 0.457 e. The second kappa shape index (κ2) is 14.7. The summed E-state index contributed by atoms with van der Waals surface area (Å²) in [5, 5.41) is 2.54. The molecule has 10 aromatic carbocycles. The van der Waals surface area contributed by atoms with Crippen molar-refractivity contribution in [3.8, 4) is 33.8 Å². The summed E-state index contributed by atoms with van der Waals surface area (Å²) in [6, 6.07) is 85.9. The molecule has 0 saturated carbocycles. The number of anilines is 2. The molecule has 0 aromatic heterocycles. The number of para-hydroxylation sites is 3. The van der Waals surface area contributed by atoms with Crippen LogP contribution >= 0.6 is 11.8 Å². The van der Waals surface area contributed by atoms with Gasteiger partial charge in [0.15, 0.2) is 0 Å². The molecular weight excluding hydrogens is 855 g/mol. The Kier molecular flexibility index (Phi) is 8.29. The van der Waals surface area contributed by atoms with E-state index in [0.717, 1.165) is 35.7 Å². The first kappa shape index (κ1) is 38.9. The van der Waals surface area contributed by atoms with Crippen molar-refractivity contribution in [1.29, 1.82) is 0 Å². The zero-order valence-electron chi connectivity index (χ0n) is 37.7. The fourth-order valence-electron chi connectivity index (χ4n) is 13.0. The monoisotopic (exact) mass is 897 g/mol. The van der Waals surface area contributed by atoms with Gasteiger partial charge in [-0.3, -0.25) is 0 Å². The van der Waals surface area contributed by atoms with Gasteiger partial charge in [-0.15, -0.1) is 0 Å². The van der Waals surface area contributed by atoms with Gasteiger partial charge in [0.25, 0.3) is 0 Å². The number of hydrogen-bond donors (Lipinski definition) is 0. The predicted molar refractivity (Wildman–Crippen MR) is 283 cm³/mol. The Balaban J connectivity index is 0.998. The number of fused-ring (bicyclic) bond motifs is 18. The first-order valence-electron chi connectivity index (χ1n) is 24.1. The standard InChI is InChI=1S/C66H43NOS/c1-2-18-42(19-3-1)47-22-8-14-30-60(47)67(46-34-36-50-48-23-6-9-25-52(48)66(58(50)41-46)55-27-11-15-31-61(55)68-62-32-16-12-28-56(62)66)45-35-37-54-51(40-45)49-24-7-10-26-53(49)65(54)57-29-13-17-33-63(57)69-64-39-44-21-5-4-20-43(44)38-59(64)65/h1-33,35,37-41H,34,36H2. The van der Waals surface area contributed by atoms with Crippen LogP contribution in [0.25, 0.3) is 38.6 Å². The van der Waals surface area contributed by atoms with E-state index in [4.69, 9.17) is 4.74 Å². The van der Waals surface area contributed by atoms with Gasteiger partial charge in [0.2, 0.25) is 0 Å². The van der Waals surface area contributed by atoms with Crippen molar-refractivity contribution >= 4 is 39.5 Å². The lowest BCUT2D eigenvalue weighted by atomic mass is 9.64. The van der Waals surface area contributed by atoms with Crippen LogP contribution in [0.1, 0.15) is 57.3 Å². The minimum Gasteiger partial charge on any atom is -0.457 e. The highest BCUT2D eigenvalue weighted by Gasteiger charge is 2.53. The van der Waals surface area contributed by atoms with Crippen molar-refractivity contribution in [1.82, 2.24) is 0 Å². The van der Waals surface area contributed by atoms with Crippen LogP contribution in [0.15, 0.2) is 258 Å². The van der Waals surface area contributed by atoms with Gasteiger partial charge in [0.05, 0.1) is 16.5 Å². The molecule has 2 nitrogen and oxygen atoms in total. The number of hydrogen-bond acceptors (Lipinski definition) is 3. The molecule has 2 aliphatic heterocycles. The Morgan fingerprint density at radius 2 is 0.971 bits per heavy atom. The molecule has 3 heteroatoms.